The van der Waals surface area contributed by atoms with Gasteiger partial charge in [0.05, 0.1) is 11.0 Å². The summed E-state index contributed by atoms with van der Waals surface area (Å²) in [4.78, 5) is 5.48. The van der Waals surface area contributed by atoms with E-state index in [-0.39, 0.29) is 6.04 Å². The van der Waals surface area contributed by atoms with Crippen molar-refractivity contribution in [3.8, 4) is 0 Å². The molecule has 4 nitrogen and oxygen atoms in total. The predicted molar refractivity (Wildman–Crippen MR) is 66.8 cm³/mol. The number of hydrogen-bond acceptors (Lipinski definition) is 6. The second-order valence-electron chi connectivity index (χ2n) is 3.61. The van der Waals surface area contributed by atoms with Gasteiger partial charge in [0.15, 0.2) is 0 Å². The highest BCUT2D eigenvalue weighted by molar-refractivity contribution is 7.11. The number of hydrogen-bond donors (Lipinski definition) is 1. The normalized spacial score (nSPS) is 12.9. The van der Waals surface area contributed by atoms with Gasteiger partial charge in [0, 0.05) is 17.6 Å². The molecule has 2 aromatic heterocycles. The third-order valence-electron chi connectivity index (χ3n) is 2.16. The van der Waals surface area contributed by atoms with Crippen LogP contribution in [-0.4, -0.2) is 15.2 Å². The smallest absolute Gasteiger partial charge is 0.134 e. The van der Waals surface area contributed by atoms with Crippen LogP contribution in [-0.2, 0) is 6.54 Å². The Bertz CT molecular complexity index is 463. The zero-order chi connectivity index (χ0) is 11.5. The molecule has 0 aliphatic heterocycles. The van der Waals surface area contributed by atoms with Crippen molar-refractivity contribution in [3.63, 3.8) is 0 Å². The Morgan fingerprint density at radius 2 is 2.06 bits per heavy atom. The maximum absolute atomic E-state index is 4.22. The van der Waals surface area contributed by atoms with Gasteiger partial charge in [0.25, 0.3) is 0 Å². The first kappa shape index (κ1) is 11.6. The molecule has 0 saturated heterocycles. The molecular formula is C10H14N4S2. The van der Waals surface area contributed by atoms with Crippen LogP contribution in [0.3, 0.4) is 0 Å². The molecule has 1 N–H and O–H groups in total. The van der Waals surface area contributed by atoms with Crippen LogP contribution in [0.5, 0.6) is 0 Å². The Balaban J connectivity index is 1.91. The maximum Gasteiger partial charge on any atom is 0.134 e. The molecule has 2 aromatic rings. The Hall–Kier alpha value is -0.850. The Labute approximate surface area is 103 Å². The van der Waals surface area contributed by atoms with Gasteiger partial charge in [0.2, 0.25) is 0 Å². The molecule has 6 heteroatoms. The van der Waals surface area contributed by atoms with Gasteiger partial charge in [0.1, 0.15) is 10.0 Å². The van der Waals surface area contributed by atoms with E-state index in [1.807, 2.05) is 20.0 Å². The van der Waals surface area contributed by atoms with Gasteiger partial charge in [-0.1, -0.05) is 0 Å². The van der Waals surface area contributed by atoms with Crippen molar-refractivity contribution in [2.45, 2.75) is 33.4 Å². The van der Waals surface area contributed by atoms with Crippen molar-refractivity contribution in [1.29, 1.82) is 0 Å². The summed E-state index contributed by atoms with van der Waals surface area (Å²) in [5.41, 5.74) is 0. The van der Waals surface area contributed by atoms with Gasteiger partial charge >= 0.3 is 0 Å². The molecule has 0 aromatic carbocycles. The quantitative estimate of drug-likeness (QED) is 0.910. The van der Waals surface area contributed by atoms with Crippen LogP contribution in [0.15, 0.2) is 6.20 Å². The van der Waals surface area contributed by atoms with E-state index in [1.54, 1.807) is 22.7 Å². The summed E-state index contributed by atoms with van der Waals surface area (Å²) in [5, 5.41) is 14.7. The van der Waals surface area contributed by atoms with Crippen LogP contribution in [0.2, 0.25) is 0 Å². The van der Waals surface area contributed by atoms with Crippen LogP contribution in [0, 0.1) is 13.8 Å². The summed E-state index contributed by atoms with van der Waals surface area (Å²) >= 11 is 3.36. The Kier molecular flexibility index (Phi) is 3.63. The van der Waals surface area contributed by atoms with Gasteiger partial charge in [-0.15, -0.1) is 32.9 Å². The van der Waals surface area contributed by atoms with Gasteiger partial charge < -0.3 is 5.32 Å². The zero-order valence-corrected chi connectivity index (χ0v) is 11.2. The summed E-state index contributed by atoms with van der Waals surface area (Å²) in [6, 6.07) is 0.244. The SMILES string of the molecule is Cc1ncc(CNC(C)c2nnc(C)s2)s1. The lowest BCUT2D eigenvalue weighted by molar-refractivity contribution is 0.571. The lowest BCUT2D eigenvalue weighted by atomic mass is 10.3. The van der Waals surface area contributed by atoms with Crippen molar-refractivity contribution in [1.82, 2.24) is 20.5 Å². The molecule has 0 bridgehead atoms. The molecule has 1 atom stereocenters. The standard InChI is InChI=1S/C10H14N4S2/c1-6(10-14-13-8(3)16-10)11-4-9-5-12-7(2)15-9/h5-6,11H,4H2,1-3H3. The average Bonchev–Trinajstić information content (AvgIpc) is 2.84. The van der Waals surface area contributed by atoms with E-state index in [4.69, 9.17) is 0 Å². The average molecular weight is 254 g/mol. The van der Waals surface area contributed by atoms with Crippen molar-refractivity contribution >= 4 is 22.7 Å². The number of aryl methyl sites for hydroxylation is 2. The minimum atomic E-state index is 0.244. The fraction of sp³-hybridized carbons (Fsp3) is 0.500. The van der Waals surface area contributed by atoms with Crippen LogP contribution in [0.4, 0.5) is 0 Å². The predicted octanol–water partition coefficient (Wildman–Crippen LogP) is 2.46. The first-order valence-corrected chi connectivity index (χ1v) is 6.73. The third kappa shape index (κ3) is 2.84. The maximum atomic E-state index is 4.22. The number of thiazole rings is 1. The van der Waals surface area contributed by atoms with Crippen molar-refractivity contribution in [2.75, 3.05) is 0 Å². The first-order chi connectivity index (χ1) is 7.65. The number of aromatic nitrogens is 3. The van der Waals surface area contributed by atoms with E-state index in [2.05, 4.69) is 27.4 Å². The number of rotatable bonds is 4. The highest BCUT2D eigenvalue weighted by Gasteiger charge is 2.10. The van der Waals surface area contributed by atoms with Crippen LogP contribution in [0.1, 0.15) is 32.9 Å². The van der Waals surface area contributed by atoms with E-state index in [9.17, 15) is 0 Å². The zero-order valence-electron chi connectivity index (χ0n) is 9.52. The second-order valence-corrected chi connectivity index (χ2v) is 6.14. The second kappa shape index (κ2) is 4.99. The van der Waals surface area contributed by atoms with E-state index < -0.39 is 0 Å². The van der Waals surface area contributed by atoms with E-state index in [1.165, 1.54) is 4.88 Å². The molecule has 0 spiro atoms. The summed E-state index contributed by atoms with van der Waals surface area (Å²) in [6.45, 7) is 6.94. The first-order valence-electron chi connectivity index (χ1n) is 5.10. The summed E-state index contributed by atoms with van der Waals surface area (Å²) in [6.07, 6.45) is 1.92. The fourth-order valence-electron chi connectivity index (χ4n) is 1.31. The molecule has 0 saturated carbocycles. The van der Waals surface area contributed by atoms with Gasteiger partial charge in [-0.2, -0.15) is 0 Å². The minimum absolute atomic E-state index is 0.244. The molecular weight excluding hydrogens is 240 g/mol. The molecule has 86 valence electrons. The lowest BCUT2D eigenvalue weighted by Crippen LogP contribution is -2.17. The van der Waals surface area contributed by atoms with E-state index in [0.29, 0.717) is 0 Å². The molecule has 0 fully saturated rings. The summed E-state index contributed by atoms with van der Waals surface area (Å²) in [7, 11) is 0. The number of nitrogens with zero attached hydrogens (tertiary/aromatic N) is 3. The number of nitrogens with one attached hydrogen (secondary N) is 1. The van der Waals surface area contributed by atoms with Crippen molar-refractivity contribution in [3.05, 3.63) is 26.1 Å². The molecule has 1 unspecified atom stereocenters. The van der Waals surface area contributed by atoms with Crippen molar-refractivity contribution < 1.29 is 0 Å². The summed E-state index contributed by atoms with van der Waals surface area (Å²) < 4.78 is 0. The lowest BCUT2D eigenvalue weighted by Gasteiger charge is -2.08. The Morgan fingerprint density at radius 1 is 1.25 bits per heavy atom. The van der Waals surface area contributed by atoms with Crippen LogP contribution >= 0.6 is 22.7 Å². The minimum Gasteiger partial charge on any atom is -0.303 e. The van der Waals surface area contributed by atoms with Crippen LogP contribution < -0.4 is 5.32 Å². The molecule has 2 rings (SSSR count). The highest BCUT2D eigenvalue weighted by atomic mass is 32.1. The molecule has 0 aliphatic rings. The van der Waals surface area contributed by atoms with Gasteiger partial charge in [-0.05, 0) is 20.8 Å². The fourth-order valence-corrected chi connectivity index (χ4v) is 2.79. The monoisotopic (exact) mass is 254 g/mol. The molecule has 16 heavy (non-hydrogen) atoms. The molecule has 2 heterocycles. The molecule has 0 aliphatic carbocycles. The third-order valence-corrected chi connectivity index (χ3v) is 4.10. The molecule has 0 amide bonds. The van der Waals surface area contributed by atoms with Gasteiger partial charge in [-0.25, -0.2) is 4.98 Å². The van der Waals surface area contributed by atoms with Crippen LogP contribution in [0.25, 0.3) is 0 Å². The Morgan fingerprint density at radius 3 is 2.62 bits per heavy atom. The van der Waals surface area contributed by atoms with E-state index >= 15 is 0 Å². The topological polar surface area (TPSA) is 50.7 Å². The van der Waals surface area contributed by atoms with Crippen molar-refractivity contribution in [2.24, 2.45) is 0 Å². The van der Waals surface area contributed by atoms with Gasteiger partial charge in [-0.3, -0.25) is 0 Å². The highest BCUT2D eigenvalue weighted by Crippen LogP contribution is 2.18. The van der Waals surface area contributed by atoms with E-state index in [0.717, 1.165) is 21.6 Å². The molecule has 0 radical (unpaired) electrons. The largest absolute Gasteiger partial charge is 0.303 e. The summed E-state index contributed by atoms with van der Waals surface area (Å²) in [5.74, 6) is 0.